The number of nitrogens with one attached hydrogen (secondary N) is 3. The molecule has 1 saturated heterocycles. The van der Waals surface area contributed by atoms with Crippen LogP contribution in [0.25, 0.3) is 10.9 Å². The zero-order valence-corrected chi connectivity index (χ0v) is 24.1. The van der Waals surface area contributed by atoms with Crippen LogP contribution >= 0.6 is 24.8 Å². The van der Waals surface area contributed by atoms with E-state index in [-0.39, 0.29) is 36.3 Å². The first-order valence-corrected chi connectivity index (χ1v) is 12.3. The third-order valence-corrected chi connectivity index (χ3v) is 5.99. The summed E-state index contributed by atoms with van der Waals surface area (Å²) in [6, 6.07) is 11.9. The summed E-state index contributed by atoms with van der Waals surface area (Å²) in [5.41, 5.74) is 0.968. The number of carbonyl (C=O) groups excluding carboxylic acids is 1. The van der Waals surface area contributed by atoms with Crippen LogP contribution in [0.15, 0.2) is 53.3 Å². The van der Waals surface area contributed by atoms with Gasteiger partial charge in [0.15, 0.2) is 17.3 Å². The fourth-order valence-corrected chi connectivity index (χ4v) is 4.00. The highest BCUT2D eigenvalue weighted by atomic mass is 35.5. The molecule has 2 aromatic heterocycles. The highest BCUT2D eigenvalue weighted by Crippen LogP contribution is 2.37. The number of ether oxygens (including phenoxy) is 3. The molecule has 3 N–H and O–H groups in total. The van der Waals surface area contributed by atoms with E-state index < -0.39 is 6.03 Å². The Labute approximate surface area is 244 Å². The number of halogens is 2. The second kappa shape index (κ2) is 13.0. The molecule has 2 aromatic carbocycles. The van der Waals surface area contributed by atoms with Gasteiger partial charge in [0.1, 0.15) is 23.9 Å². The molecule has 0 saturated carbocycles. The van der Waals surface area contributed by atoms with Gasteiger partial charge >= 0.3 is 6.03 Å². The van der Waals surface area contributed by atoms with Gasteiger partial charge in [-0.15, -0.1) is 24.8 Å². The van der Waals surface area contributed by atoms with Gasteiger partial charge in [0.05, 0.1) is 18.0 Å². The van der Waals surface area contributed by atoms with Crippen molar-refractivity contribution in [2.75, 3.05) is 30.8 Å². The van der Waals surface area contributed by atoms with E-state index in [1.807, 2.05) is 32.9 Å². The highest BCUT2D eigenvalue weighted by molar-refractivity contribution is 5.99. The van der Waals surface area contributed by atoms with Gasteiger partial charge in [0.25, 0.3) is 0 Å². The number of hydrogen-bond donors (Lipinski definition) is 3. The van der Waals surface area contributed by atoms with Crippen LogP contribution in [0.1, 0.15) is 33.0 Å². The summed E-state index contributed by atoms with van der Waals surface area (Å²) in [4.78, 5) is 21.2. The Morgan fingerprint density at radius 2 is 1.90 bits per heavy atom. The lowest BCUT2D eigenvalue weighted by molar-refractivity contribution is 0.213. The molecular weight excluding hydrogens is 559 g/mol. The van der Waals surface area contributed by atoms with E-state index >= 15 is 0 Å². The van der Waals surface area contributed by atoms with E-state index in [1.165, 1.54) is 6.33 Å². The van der Waals surface area contributed by atoms with Crippen molar-refractivity contribution in [2.45, 2.75) is 38.7 Å². The number of urea groups is 1. The molecule has 1 fully saturated rings. The fourth-order valence-electron chi connectivity index (χ4n) is 4.00. The molecule has 3 heterocycles. The molecule has 1 aliphatic heterocycles. The number of anilines is 2. The van der Waals surface area contributed by atoms with Crippen LogP contribution in [-0.2, 0) is 5.41 Å². The van der Waals surface area contributed by atoms with Gasteiger partial charge in [-0.1, -0.05) is 32.0 Å². The van der Waals surface area contributed by atoms with Crippen molar-refractivity contribution in [2.24, 2.45) is 0 Å². The number of carbonyl (C=O) groups is 1. The van der Waals surface area contributed by atoms with Crippen LogP contribution in [-0.4, -0.2) is 47.5 Å². The third-order valence-electron chi connectivity index (χ3n) is 5.99. The molecule has 1 unspecified atom stereocenters. The van der Waals surface area contributed by atoms with Crippen molar-refractivity contribution in [1.29, 1.82) is 0 Å². The third kappa shape index (κ3) is 7.23. The average Bonchev–Trinajstić information content (AvgIpc) is 3.56. The van der Waals surface area contributed by atoms with Crippen LogP contribution in [0, 0.1) is 0 Å². The van der Waals surface area contributed by atoms with Crippen molar-refractivity contribution in [1.82, 2.24) is 20.4 Å². The second-order valence-corrected chi connectivity index (χ2v) is 9.97. The molecule has 2 amide bonds. The first-order chi connectivity index (χ1) is 18.3. The van der Waals surface area contributed by atoms with Crippen molar-refractivity contribution < 1.29 is 23.5 Å². The topological polar surface area (TPSA) is 133 Å². The molecule has 0 aliphatic carbocycles. The molecule has 1 atom stereocenters. The normalized spacial score (nSPS) is 14.6. The Morgan fingerprint density at radius 1 is 1.07 bits per heavy atom. The number of nitrogens with zero attached hydrogens (tertiary/aromatic N) is 3. The molecule has 0 bridgehead atoms. The van der Waals surface area contributed by atoms with Gasteiger partial charge in [-0.2, -0.15) is 0 Å². The lowest BCUT2D eigenvalue weighted by Crippen LogP contribution is -2.19. The molecule has 11 nitrogen and oxygen atoms in total. The Kier molecular flexibility index (Phi) is 10.0. The maximum Gasteiger partial charge on any atom is 0.324 e. The summed E-state index contributed by atoms with van der Waals surface area (Å²) in [6.07, 6.45) is 2.44. The summed E-state index contributed by atoms with van der Waals surface area (Å²) in [5, 5.41) is 13.3. The largest absolute Gasteiger partial charge is 0.493 e. The summed E-state index contributed by atoms with van der Waals surface area (Å²) in [6.45, 7) is 7.72. The summed E-state index contributed by atoms with van der Waals surface area (Å²) >= 11 is 0. The molecular formula is C27H32Cl2N6O5. The quantitative estimate of drug-likeness (QED) is 0.239. The minimum atomic E-state index is -0.460. The highest BCUT2D eigenvalue weighted by Gasteiger charge is 2.21. The SMILES string of the molecule is COc1cc2c(Oc3cccc(NC(=O)Nc4cc(C(C)(C)C)on4)c3)ncnc2cc1OC1CCNC1.Cl.Cl. The summed E-state index contributed by atoms with van der Waals surface area (Å²) < 4.78 is 23.1. The molecule has 0 radical (unpaired) electrons. The van der Waals surface area contributed by atoms with E-state index in [0.29, 0.717) is 51.3 Å². The molecule has 4 aromatic rings. The number of aromatic nitrogens is 3. The lowest BCUT2D eigenvalue weighted by Gasteiger charge is -2.16. The van der Waals surface area contributed by atoms with Gasteiger partial charge < -0.3 is 29.4 Å². The number of hydrogen-bond acceptors (Lipinski definition) is 9. The summed E-state index contributed by atoms with van der Waals surface area (Å²) in [7, 11) is 1.59. The zero-order chi connectivity index (χ0) is 26.7. The molecule has 5 rings (SSSR count). The number of benzene rings is 2. The monoisotopic (exact) mass is 590 g/mol. The number of methoxy groups -OCH3 is 1. The number of rotatable bonds is 7. The van der Waals surface area contributed by atoms with Gasteiger partial charge in [-0.3, -0.25) is 5.32 Å². The molecule has 214 valence electrons. The van der Waals surface area contributed by atoms with E-state index in [9.17, 15) is 4.79 Å². The van der Waals surface area contributed by atoms with Crippen LogP contribution in [0.3, 0.4) is 0 Å². The standard InChI is InChI=1S/C27H30N6O5.2ClH/c1-27(2,3)23-13-24(33-38-23)32-26(34)31-16-6-5-7-17(10-16)37-25-19-11-21(35-4)22(12-20(19)29-15-30-25)36-18-8-9-28-14-18;;/h5-7,10-13,15,18,28H,8-9,14H2,1-4H3,(H2,31,32,33,34);2*1H. The maximum atomic E-state index is 12.5. The predicted octanol–water partition coefficient (Wildman–Crippen LogP) is 5.94. The minimum absolute atomic E-state index is 0. The van der Waals surface area contributed by atoms with E-state index in [0.717, 1.165) is 19.5 Å². The average molecular weight is 591 g/mol. The van der Waals surface area contributed by atoms with E-state index in [2.05, 4.69) is 31.1 Å². The van der Waals surface area contributed by atoms with Crippen molar-refractivity contribution in [3.63, 3.8) is 0 Å². The number of amides is 2. The first kappa shape index (κ1) is 30.7. The van der Waals surface area contributed by atoms with Crippen molar-refractivity contribution in [3.05, 3.63) is 54.6 Å². The first-order valence-electron chi connectivity index (χ1n) is 12.3. The smallest absolute Gasteiger partial charge is 0.324 e. The van der Waals surface area contributed by atoms with E-state index in [1.54, 1.807) is 37.4 Å². The van der Waals surface area contributed by atoms with Crippen LogP contribution < -0.4 is 30.2 Å². The van der Waals surface area contributed by atoms with Crippen molar-refractivity contribution >= 4 is 53.3 Å². The maximum absolute atomic E-state index is 12.5. The van der Waals surface area contributed by atoms with Crippen molar-refractivity contribution in [3.8, 4) is 23.1 Å². The lowest BCUT2D eigenvalue weighted by atomic mass is 9.93. The predicted molar refractivity (Wildman–Crippen MR) is 157 cm³/mol. The molecule has 40 heavy (non-hydrogen) atoms. The van der Waals surface area contributed by atoms with Gasteiger partial charge in [0.2, 0.25) is 5.88 Å². The Balaban J connectivity index is 0.00000220. The fraction of sp³-hybridized carbons (Fsp3) is 0.333. The van der Waals surface area contributed by atoms with Crippen LogP contribution in [0.4, 0.5) is 16.3 Å². The second-order valence-electron chi connectivity index (χ2n) is 9.97. The van der Waals surface area contributed by atoms with Gasteiger partial charge in [-0.05, 0) is 31.2 Å². The number of fused-ring (bicyclic) bond motifs is 1. The van der Waals surface area contributed by atoms with Crippen LogP contribution in [0.5, 0.6) is 23.1 Å². The molecule has 13 heteroatoms. The Bertz CT molecular complexity index is 1450. The zero-order valence-electron chi connectivity index (χ0n) is 22.5. The van der Waals surface area contributed by atoms with Gasteiger partial charge in [0, 0.05) is 35.8 Å². The Hall–Kier alpha value is -3.80. The summed E-state index contributed by atoms with van der Waals surface area (Å²) in [5.74, 6) is 3.02. The Morgan fingerprint density at radius 3 is 2.60 bits per heavy atom. The van der Waals surface area contributed by atoms with E-state index in [4.69, 9.17) is 18.7 Å². The minimum Gasteiger partial charge on any atom is -0.493 e. The van der Waals surface area contributed by atoms with Gasteiger partial charge in [-0.25, -0.2) is 14.8 Å². The molecule has 0 spiro atoms. The van der Waals surface area contributed by atoms with Crippen LogP contribution in [0.2, 0.25) is 0 Å². The molecule has 1 aliphatic rings.